The summed E-state index contributed by atoms with van der Waals surface area (Å²) in [6.07, 6.45) is 2.91. The molecule has 0 rings (SSSR count). The fourth-order valence-corrected chi connectivity index (χ4v) is 0.366. The molecule has 0 amide bonds. The summed E-state index contributed by atoms with van der Waals surface area (Å²) in [5.41, 5.74) is 0. The van der Waals surface area contributed by atoms with E-state index in [1.165, 1.54) is 0 Å². The Bertz CT molecular complexity index is 76.6. The normalized spacial score (nSPS) is 13.8. The molecular formula is C8H15O. The van der Waals surface area contributed by atoms with Gasteiger partial charge in [-0.3, -0.25) is 0 Å². The standard InChI is InChI=1S/C8H15O/c1-5-8(4)6-9-7(2)3/h5,8H,1,6H2,2-4H3. The SMILES string of the molecule is C=CC(C)CO[C](C)C. The molecule has 0 heterocycles. The quantitative estimate of drug-likeness (QED) is 0.527. The molecule has 0 spiro atoms. The molecule has 0 fully saturated rings. The van der Waals surface area contributed by atoms with E-state index in [1.807, 2.05) is 19.9 Å². The molecule has 0 bridgehead atoms. The zero-order valence-corrected chi connectivity index (χ0v) is 6.48. The van der Waals surface area contributed by atoms with E-state index >= 15 is 0 Å². The highest BCUT2D eigenvalue weighted by Gasteiger charge is 1.97. The second-order valence-corrected chi connectivity index (χ2v) is 2.43. The summed E-state index contributed by atoms with van der Waals surface area (Å²) in [4.78, 5) is 0. The van der Waals surface area contributed by atoms with Crippen molar-refractivity contribution in [1.29, 1.82) is 0 Å². The molecule has 0 aromatic carbocycles. The van der Waals surface area contributed by atoms with Gasteiger partial charge in [0.1, 0.15) is 0 Å². The third kappa shape index (κ3) is 5.57. The van der Waals surface area contributed by atoms with Gasteiger partial charge in [0.15, 0.2) is 0 Å². The van der Waals surface area contributed by atoms with Gasteiger partial charge in [0, 0.05) is 0 Å². The van der Waals surface area contributed by atoms with Crippen molar-refractivity contribution in [2.45, 2.75) is 20.8 Å². The molecule has 1 unspecified atom stereocenters. The topological polar surface area (TPSA) is 9.23 Å². The predicted octanol–water partition coefficient (Wildman–Crippen LogP) is 2.40. The Morgan fingerprint density at radius 2 is 2.22 bits per heavy atom. The molecule has 53 valence electrons. The fraction of sp³-hybridized carbons (Fsp3) is 0.625. The summed E-state index contributed by atoms with van der Waals surface area (Å²) in [7, 11) is 0. The first-order valence-electron chi connectivity index (χ1n) is 3.22. The highest BCUT2D eigenvalue weighted by Crippen LogP contribution is 2.02. The number of ether oxygens (including phenoxy) is 1. The van der Waals surface area contributed by atoms with E-state index in [9.17, 15) is 0 Å². The molecule has 0 aromatic rings. The average Bonchev–Trinajstić information content (AvgIpc) is 1.83. The molecule has 0 aromatic heterocycles. The van der Waals surface area contributed by atoms with E-state index in [4.69, 9.17) is 4.74 Å². The van der Waals surface area contributed by atoms with Crippen molar-refractivity contribution in [3.05, 3.63) is 18.8 Å². The van der Waals surface area contributed by atoms with Gasteiger partial charge in [0.2, 0.25) is 0 Å². The lowest BCUT2D eigenvalue weighted by Gasteiger charge is -2.08. The first kappa shape index (κ1) is 8.70. The Kier molecular flexibility index (Phi) is 4.41. The maximum Gasteiger partial charge on any atom is 0.0909 e. The van der Waals surface area contributed by atoms with Crippen LogP contribution in [0.15, 0.2) is 12.7 Å². The van der Waals surface area contributed by atoms with Gasteiger partial charge in [0.25, 0.3) is 0 Å². The Balaban J connectivity index is 3.16. The molecule has 0 aliphatic rings. The first-order valence-corrected chi connectivity index (χ1v) is 3.22. The second kappa shape index (κ2) is 4.57. The van der Waals surface area contributed by atoms with Gasteiger partial charge in [0.05, 0.1) is 12.7 Å². The molecule has 0 N–H and O–H groups in total. The van der Waals surface area contributed by atoms with Crippen LogP contribution in [0.25, 0.3) is 0 Å². The van der Waals surface area contributed by atoms with Crippen LogP contribution in [0.5, 0.6) is 0 Å². The minimum atomic E-state index is 0.458. The van der Waals surface area contributed by atoms with Crippen LogP contribution in [-0.4, -0.2) is 6.61 Å². The van der Waals surface area contributed by atoms with Crippen LogP contribution in [0.2, 0.25) is 0 Å². The summed E-state index contributed by atoms with van der Waals surface area (Å²) in [6, 6.07) is 0. The second-order valence-electron chi connectivity index (χ2n) is 2.43. The van der Waals surface area contributed by atoms with Crippen molar-refractivity contribution in [2.24, 2.45) is 5.92 Å². The van der Waals surface area contributed by atoms with Gasteiger partial charge in [-0.15, -0.1) is 6.58 Å². The molecular weight excluding hydrogens is 112 g/mol. The van der Waals surface area contributed by atoms with Gasteiger partial charge in [-0.2, -0.15) is 0 Å². The first-order chi connectivity index (χ1) is 4.16. The van der Waals surface area contributed by atoms with E-state index < -0.39 is 0 Å². The maximum atomic E-state index is 5.24. The Morgan fingerprint density at radius 1 is 1.67 bits per heavy atom. The zero-order chi connectivity index (χ0) is 7.28. The van der Waals surface area contributed by atoms with Crippen LogP contribution in [0, 0.1) is 12.0 Å². The number of hydrogen-bond acceptors (Lipinski definition) is 1. The lowest BCUT2D eigenvalue weighted by molar-refractivity contribution is 0.138. The van der Waals surface area contributed by atoms with Crippen LogP contribution >= 0.6 is 0 Å². The van der Waals surface area contributed by atoms with Crippen molar-refractivity contribution < 1.29 is 4.74 Å². The third-order valence-corrected chi connectivity index (χ3v) is 1.04. The monoisotopic (exact) mass is 127 g/mol. The van der Waals surface area contributed by atoms with E-state index in [0.717, 1.165) is 12.7 Å². The van der Waals surface area contributed by atoms with Gasteiger partial charge in [-0.05, 0) is 19.8 Å². The highest BCUT2D eigenvalue weighted by atomic mass is 16.5. The van der Waals surface area contributed by atoms with Crippen LogP contribution in [0.1, 0.15) is 20.8 Å². The molecule has 1 atom stereocenters. The Morgan fingerprint density at radius 3 is 2.56 bits per heavy atom. The van der Waals surface area contributed by atoms with E-state index in [2.05, 4.69) is 13.5 Å². The summed E-state index contributed by atoms with van der Waals surface area (Å²) >= 11 is 0. The van der Waals surface area contributed by atoms with E-state index in [0.29, 0.717) is 5.92 Å². The minimum Gasteiger partial charge on any atom is -0.372 e. The molecule has 0 saturated heterocycles. The van der Waals surface area contributed by atoms with Gasteiger partial charge < -0.3 is 4.74 Å². The maximum absolute atomic E-state index is 5.24. The van der Waals surface area contributed by atoms with Crippen molar-refractivity contribution >= 4 is 0 Å². The van der Waals surface area contributed by atoms with Crippen LogP contribution in [0.4, 0.5) is 0 Å². The van der Waals surface area contributed by atoms with E-state index in [-0.39, 0.29) is 0 Å². The minimum absolute atomic E-state index is 0.458. The number of rotatable bonds is 4. The van der Waals surface area contributed by atoms with Crippen LogP contribution in [-0.2, 0) is 4.74 Å². The molecule has 0 aliphatic heterocycles. The lowest BCUT2D eigenvalue weighted by Crippen LogP contribution is -2.03. The Labute approximate surface area is 57.7 Å². The van der Waals surface area contributed by atoms with Gasteiger partial charge in [-0.25, -0.2) is 0 Å². The lowest BCUT2D eigenvalue weighted by atomic mass is 10.2. The van der Waals surface area contributed by atoms with Gasteiger partial charge in [-0.1, -0.05) is 13.0 Å². The van der Waals surface area contributed by atoms with Crippen molar-refractivity contribution in [3.63, 3.8) is 0 Å². The number of hydrogen-bond donors (Lipinski definition) is 0. The largest absolute Gasteiger partial charge is 0.372 e. The van der Waals surface area contributed by atoms with Crippen molar-refractivity contribution in [2.75, 3.05) is 6.61 Å². The summed E-state index contributed by atoms with van der Waals surface area (Å²) in [6.45, 7) is 10.4. The summed E-state index contributed by atoms with van der Waals surface area (Å²) in [5, 5.41) is 0. The van der Waals surface area contributed by atoms with Crippen LogP contribution in [0.3, 0.4) is 0 Å². The smallest absolute Gasteiger partial charge is 0.0909 e. The molecule has 0 aliphatic carbocycles. The fourth-order valence-electron chi connectivity index (χ4n) is 0.366. The van der Waals surface area contributed by atoms with E-state index in [1.54, 1.807) is 0 Å². The average molecular weight is 127 g/mol. The molecule has 9 heavy (non-hydrogen) atoms. The molecule has 1 nitrogen and oxygen atoms in total. The third-order valence-electron chi connectivity index (χ3n) is 1.04. The molecule has 0 saturated carbocycles. The zero-order valence-electron chi connectivity index (χ0n) is 6.48. The predicted molar refractivity (Wildman–Crippen MR) is 39.9 cm³/mol. The van der Waals surface area contributed by atoms with Crippen molar-refractivity contribution in [3.8, 4) is 0 Å². The Hall–Kier alpha value is -0.300. The van der Waals surface area contributed by atoms with Gasteiger partial charge >= 0.3 is 0 Å². The molecule has 1 heteroatoms. The molecule has 1 radical (unpaired) electrons. The van der Waals surface area contributed by atoms with Crippen LogP contribution < -0.4 is 0 Å². The summed E-state index contributed by atoms with van der Waals surface area (Å²) < 4.78 is 5.24. The highest BCUT2D eigenvalue weighted by molar-refractivity contribution is 4.75. The summed E-state index contributed by atoms with van der Waals surface area (Å²) in [5.74, 6) is 0.458. The van der Waals surface area contributed by atoms with Crippen molar-refractivity contribution in [1.82, 2.24) is 0 Å².